The van der Waals surface area contributed by atoms with E-state index < -0.39 is 0 Å². The highest BCUT2D eigenvalue weighted by Crippen LogP contribution is 2.02. The average Bonchev–Trinajstić information content (AvgIpc) is 2.72. The van der Waals surface area contributed by atoms with Gasteiger partial charge >= 0.3 is 0 Å². The Bertz CT molecular complexity index is 558. The van der Waals surface area contributed by atoms with Crippen molar-refractivity contribution >= 4 is 5.82 Å². The molecular weight excluding hydrogens is 220 g/mol. The van der Waals surface area contributed by atoms with Crippen molar-refractivity contribution in [3.05, 3.63) is 34.4 Å². The number of aromatic amines is 1. The molecule has 0 bridgehead atoms. The molecule has 2 N–H and O–H groups in total. The van der Waals surface area contributed by atoms with Crippen molar-refractivity contribution in [3.8, 4) is 0 Å². The second kappa shape index (κ2) is 4.77. The van der Waals surface area contributed by atoms with Crippen LogP contribution in [0, 0.1) is 6.92 Å². The predicted molar refractivity (Wildman–Crippen MR) is 62.6 cm³/mol. The van der Waals surface area contributed by atoms with Gasteiger partial charge in [-0.05, 0) is 13.8 Å². The number of nitrogens with zero attached hydrogens (tertiary/aromatic N) is 4. The summed E-state index contributed by atoms with van der Waals surface area (Å²) in [5.74, 6) is 1.93. The maximum absolute atomic E-state index is 11.2. The highest BCUT2D eigenvalue weighted by atomic mass is 16.1. The van der Waals surface area contributed by atoms with Crippen LogP contribution in [-0.2, 0) is 13.1 Å². The summed E-state index contributed by atoms with van der Waals surface area (Å²) in [5.41, 5.74) is -0.169. The molecule has 2 rings (SSSR count). The first kappa shape index (κ1) is 11.3. The van der Waals surface area contributed by atoms with Gasteiger partial charge in [0.25, 0.3) is 5.56 Å². The van der Waals surface area contributed by atoms with Crippen LogP contribution in [0.2, 0.25) is 0 Å². The van der Waals surface area contributed by atoms with Gasteiger partial charge in [-0.2, -0.15) is 0 Å². The molecule has 2 aromatic rings. The van der Waals surface area contributed by atoms with Crippen LogP contribution in [0.5, 0.6) is 0 Å². The molecule has 0 aromatic carbocycles. The number of anilines is 1. The summed E-state index contributed by atoms with van der Waals surface area (Å²) in [6, 6.07) is 1.42. The minimum absolute atomic E-state index is 0.169. The van der Waals surface area contributed by atoms with Gasteiger partial charge in [0.1, 0.15) is 18.0 Å². The molecule has 0 fully saturated rings. The number of aryl methyl sites for hydroxylation is 2. The maximum atomic E-state index is 11.2. The van der Waals surface area contributed by atoms with Crippen LogP contribution in [0.1, 0.15) is 18.6 Å². The zero-order valence-electron chi connectivity index (χ0n) is 9.77. The van der Waals surface area contributed by atoms with Crippen LogP contribution in [-0.4, -0.2) is 24.7 Å². The van der Waals surface area contributed by atoms with E-state index >= 15 is 0 Å². The Labute approximate surface area is 97.9 Å². The van der Waals surface area contributed by atoms with E-state index in [2.05, 4.69) is 25.5 Å². The fourth-order valence-electron chi connectivity index (χ4n) is 1.52. The van der Waals surface area contributed by atoms with Gasteiger partial charge < -0.3 is 14.9 Å². The lowest BCUT2D eigenvalue weighted by molar-refractivity contribution is 0.707. The van der Waals surface area contributed by atoms with Crippen molar-refractivity contribution in [2.24, 2.45) is 0 Å². The molecule has 17 heavy (non-hydrogen) atoms. The summed E-state index contributed by atoms with van der Waals surface area (Å²) in [6.45, 7) is 5.05. The first-order chi connectivity index (χ1) is 8.19. The third-order valence-electron chi connectivity index (χ3n) is 2.32. The van der Waals surface area contributed by atoms with Crippen LogP contribution in [0.3, 0.4) is 0 Å². The standard InChI is InChI=1S/C10H14N6O/c1-3-16-6-12-15-9(16)5-11-8-4-10(17)14-7(2)13-8/h4,6H,3,5H2,1-2H3,(H2,11,13,14,17). The zero-order chi connectivity index (χ0) is 12.3. The molecule has 0 aliphatic rings. The first-order valence-corrected chi connectivity index (χ1v) is 5.37. The molecule has 2 heterocycles. The molecule has 0 aliphatic heterocycles. The number of rotatable bonds is 4. The van der Waals surface area contributed by atoms with Crippen molar-refractivity contribution in [1.82, 2.24) is 24.7 Å². The van der Waals surface area contributed by atoms with Crippen LogP contribution in [0.15, 0.2) is 17.2 Å². The number of H-pyrrole nitrogens is 1. The summed E-state index contributed by atoms with van der Waals surface area (Å²) in [6.07, 6.45) is 1.67. The van der Waals surface area contributed by atoms with Gasteiger partial charge in [0.15, 0.2) is 5.82 Å². The number of nitrogens with one attached hydrogen (secondary N) is 2. The number of hydrogen-bond donors (Lipinski definition) is 2. The van der Waals surface area contributed by atoms with Gasteiger partial charge in [-0.25, -0.2) is 4.98 Å². The predicted octanol–water partition coefficient (Wildman–Crippen LogP) is 0.302. The van der Waals surface area contributed by atoms with E-state index in [0.29, 0.717) is 18.2 Å². The summed E-state index contributed by atoms with van der Waals surface area (Å²) < 4.78 is 1.92. The third-order valence-corrected chi connectivity index (χ3v) is 2.32. The topological polar surface area (TPSA) is 88.5 Å². The van der Waals surface area contributed by atoms with E-state index in [-0.39, 0.29) is 5.56 Å². The number of aromatic nitrogens is 5. The Kier molecular flexibility index (Phi) is 3.17. The van der Waals surface area contributed by atoms with Gasteiger partial charge in [-0.15, -0.1) is 10.2 Å². The van der Waals surface area contributed by atoms with Gasteiger partial charge in [0.05, 0.1) is 6.54 Å². The lowest BCUT2D eigenvalue weighted by Gasteiger charge is -2.06. The van der Waals surface area contributed by atoms with Crippen molar-refractivity contribution in [1.29, 1.82) is 0 Å². The van der Waals surface area contributed by atoms with Gasteiger partial charge in [0.2, 0.25) is 0 Å². The quantitative estimate of drug-likeness (QED) is 0.794. The Balaban J connectivity index is 2.09. The van der Waals surface area contributed by atoms with E-state index in [1.165, 1.54) is 6.07 Å². The lowest BCUT2D eigenvalue weighted by Crippen LogP contribution is -2.13. The molecule has 0 radical (unpaired) electrons. The molecule has 0 saturated carbocycles. The van der Waals surface area contributed by atoms with Crippen molar-refractivity contribution in [3.63, 3.8) is 0 Å². The average molecular weight is 234 g/mol. The second-order valence-electron chi connectivity index (χ2n) is 3.60. The Hall–Kier alpha value is -2.18. The second-order valence-corrected chi connectivity index (χ2v) is 3.60. The molecule has 0 unspecified atom stereocenters. The fourth-order valence-corrected chi connectivity index (χ4v) is 1.52. The maximum Gasteiger partial charge on any atom is 0.252 e. The molecule has 7 heteroatoms. The third kappa shape index (κ3) is 2.68. The van der Waals surface area contributed by atoms with E-state index in [0.717, 1.165) is 12.4 Å². The number of hydrogen-bond acceptors (Lipinski definition) is 5. The zero-order valence-corrected chi connectivity index (χ0v) is 9.77. The summed E-state index contributed by atoms with van der Waals surface area (Å²) in [4.78, 5) is 18.0. The molecule has 0 saturated heterocycles. The van der Waals surface area contributed by atoms with Crippen LogP contribution >= 0.6 is 0 Å². The van der Waals surface area contributed by atoms with Crippen molar-refractivity contribution in [2.75, 3.05) is 5.32 Å². The van der Waals surface area contributed by atoms with Gasteiger partial charge in [-0.1, -0.05) is 0 Å². The van der Waals surface area contributed by atoms with Crippen LogP contribution < -0.4 is 10.9 Å². The molecular formula is C10H14N6O. The van der Waals surface area contributed by atoms with Crippen LogP contribution in [0.25, 0.3) is 0 Å². The Morgan fingerprint density at radius 2 is 2.35 bits per heavy atom. The normalized spacial score (nSPS) is 10.5. The molecule has 0 amide bonds. The SMILES string of the molecule is CCn1cnnc1CNc1cc(=O)[nH]c(C)n1. The van der Waals surface area contributed by atoms with Gasteiger partial charge in [0, 0.05) is 12.6 Å². The Morgan fingerprint density at radius 3 is 3.06 bits per heavy atom. The lowest BCUT2D eigenvalue weighted by atomic mass is 10.5. The van der Waals surface area contributed by atoms with Gasteiger partial charge in [-0.3, -0.25) is 4.79 Å². The molecule has 90 valence electrons. The van der Waals surface area contributed by atoms with E-state index in [1.54, 1.807) is 13.3 Å². The molecule has 7 nitrogen and oxygen atoms in total. The molecule has 0 spiro atoms. The van der Waals surface area contributed by atoms with Crippen molar-refractivity contribution in [2.45, 2.75) is 26.9 Å². The molecule has 2 aromatic heterocycles. The highest BCUT2D eigenvalue weighted by molar-refractivity contribution is 5.32. The van der Waals surface area contributed by atoms with E-state index in [4.69, 9.17) is 0 Å². The first-order valence-electron chi connectivity index (χ1n) is 5.37. The largest absolute Gasteiger partial charge is 0.363 e. The molecule has 0 atom stereocenters. The Morgan fingerprint density at radius 1 is 1.53 bits per heavy atom. The minimum atomic E-state index is -0.169. The molecule has 0 aliphatic carbocycles. The van der Waals surface area contributed by atoms with Crippen LogP contribution in [0.4, 0.5) is 5.82 Å². The highest BCUT2D eigenvalue weighted by Gasteiger charge is 2.03. The fraction of sp³-hybridized carbons (Fsp3) is 0.400. The smallest absolute Gasteiger partial charge is 0.252 e. The van der Waals surface area contributed by atoms with E-state index in [9.17, 15) is 4.79 Å². The van der Waals surface area contributed by atoms with E-state index in [1.807, 2.05) is 11.5 Å². The summed E-state index contributed by atoms with van der Waals surface area (Å²) >= 11 is 0. The summed E-state index contributed by atoms with van der Waals surface area (Å²) in [5, 5.41) is 10.9. The van der Waals surface area contributed by atoms with Crippen molar-refractivity contribution < 1.29 is 0 Å². The minimum Gasteiger partial charge on any atom is -0.363 e. The monoisotopic (exact) mass is 234 g/mol. The summed E-state index contributed by atoms with van der Waals surface area (Å²) in [7, 11) is 0.